The minimum atomic E-state index is -3.37. The molecule has 1 amide bonds. The highest BCUT2D eigenvalue weighted by atomic mass is 32.2. The van der Waals surface area contributed by atoms with Crippen LogP contribution in [0.2, 0.25) is 0 Å². The summed E-state index contributed by atoms with van der Waals surface area (Å²) in [5.74, 6) is -1.23. The number of nitrogens with one attached hydrogen (secondary N) is 1. The van der Waals surface area contributed by atoms with E-state index in [0.717, 1.165) is 11.3 Å². The first-order valence-electron chi connectivity index (χ1n) is 9.89. The van der Waals surface area contributed by atoms with Gasteiger partial charge in [0.25, 0.3) is 5.91 Å². The van der Waals surface area contributed by atoms with Gasteiger partial charge in [-0.1, -0.05) is 28.6 Å². The highest BCUT2D eigenvalue weighted by Gasteiger charge is 2.36. The molecule has 10 nitrogen and oxygen atoms in total. The first kappa shape index (κ1) is 23.8. The Balaban J connectivity index is 1.82. The molecule has 0 bridgehead atoms. The van der Waals surface area contributed by atoms with Gasteiger partial charge in [-0.25, -0.2) is 18.2 Å². The average molecular weight is 482 g/mol. The summed E-state index contributed by atoms with van der Waals surface area (Å²) in [6.45, 7) is 3.14. The van der Waals surface area contributed by atoms with Crippen molar-refractivity contribution in [2.45, 2.75) is 42.9 Å². The average Bonchev–Trinajstić information content (AvgIpc) is 3.54. The van der Waals surface area contributed by atoms with Crippen molar-refractivity contribution in [1.29, 1.82) is 0 Å². The maximum Gasteiger partial charge on any atom is 0.350 e. The van der Waals surface area contributed by atoms with Crippen molar-refractivity contribution in [2.75, 3.05) is 18.5 Å². The highest BCUT2D eigenvalue weighted by Crippen LogP contribution is 2.33. The van der Waals surface area contributed by atoms with Crippen LogP contribution >= 0.6 is 11.3 Å². The molecule has 32 heavy (non-hydrogen) atoms. The molecular formula is C20H23N3O7S2. The summed E-state index contributed by atoms with van der Waals surface area (Å²) in [6.07, 6.45) is 1.92. The van der Waals surface area contributed by atoms with Crippen LogP contribution in [0.15, 0.2) is 40.5 Å². The lowest BCUT2D eigenvalue weighted by Crippen LogP contribution is -2.25. The minimum absolute atomic E-state index is 0.145. The number of oxime groups is 1. The predicted octanol–water partition coefficient (Wildman–Crippen LogP) is 2.00. The van der Waals surface area contributed by atoms with E-state index in [0.29, 0.717) is 18.4 Å². The number of amides is 1. The summed E-state index contributed by atoms with van der Waals surface area (Å²) in [4.78, 5) is 34.2. The van der Waals surface area contributed by atoms with E-state index in [-0.39, 0.29) is 39.1 Å². The Morgan fingerprint density at radius 2 is 2.00 bits per heavy atom. The van der Waals surface area contributed by atoms with Gasteiger partial charge in [0, 0.05) is 5.56 Å². The van der Waals surface area contributed by atoms with Crippen molar-refractivity contribution in [2.24, 2.45) is 5.16 Å². The van der Waals surface area contributed by atoms with E-state index in [1.165, 1.54) is 30.5 Å². The van der Waals surface area contributed by atoms with E-state index >= 15 is 0 Å². The maximum absolute atomic E-state index is 12.9. The summed E-state index contributed by atoms with van der Waals surface area (Å²) in [6, 6.07) is 5.77. The number of aliphatic hydroxyl groups is 1. The number of benzene rings is 1. The summed E-state index contributed by atoms with van der Waals surface area (Å²) >= 11 is 0.934. The number of aliphatic hydroxyl groups excluding tert-OH is 1. The fourth-order valence-corrected chi connectivity index (χ4v) is 4.92. The van der Waals surface area contributed by atoms with Gasteiger partial charge in [-0.2, -0.15) is 0 Å². The monoisotopic (exact) mass is 481 g/mol. The van der Waals surface area contributed by atoms with E-state index < -0.39 is 27.8 Å². The molecule has 0 spiro atoms. The third-order valence-corrected chi connectivity index (χ3v) is 7.59. The second-order valence-corrected chi connectivity index (χ2v) is 10.3. The molecule has 1 aliphatic rings. The molecule has 1 fully saturated rings. The van der Waals surface area contributed by atoms with Gasteiger partial charge in [-0.15, -0.1) is 0 Å². The normalized spacial score (nSPS) is 15.2. The van der Waals surface area contributed by atoms with Crippen molar-refractivity contribution < 1.29 is 32.7 Å². The third-order valence-electron chi connectivity index (χ3n) is 4.42. The fourth-order valence-electron chi connectivity index (χ4n) is 2.56. The van der Waals surface area contributed by atoms with Crippen molar-refractivity contribution in [1.82, 2.24) is 4.98 Å². The van der Waals surface area contributed by atoms with Gasteiger partial charge in [0.15, 0.2) is 20.7 Å². The van der Waals surface area contributed by atoms with Crippen molar-refractivity contribution in [3.8, 4) is 0 Å². The first-order valence-corrected chi connectivity index (χ1v) is 12.3. The number of thiazole rings is 1. The standard InChI is InChI=1S/C20H23N3O7S2/c1-3-29-19(26)16-10-21-20(31-16)22-18(25)17(23-30-12(2)11-24)13-4-6-14(7-5-13)32(27,28)15-8-9-15/h4-7,10,12,15,24H,3,8-9,11H2,1-2H3,(H,21,22,25)/t12-/m1/s1. The van der Waals surface area contributed by atoms with Gasteiger partial charge in [0.05, 0.1) is 29.6 Å². The lowest BCUT2D eigenvalue weighted by Gasteiger charge is -2.10. The molecule has 2 N–H and O–H groups in total. The molecule has 172 valence electrons. The molecule has 1 saturated carbocycles. The van der Waals surface area contributed by atoms with E-state index in [1.54, 1.807) is 13.8 Å². The van der Waals surface area contributed by atoms with Crippen LogP contribution in [0.25, 0.3) is 0 Å². The van der Waals surface area contributed by atoms with Gasteiger partial charge in [-0.3, -0.25) is 10.1 Å². The molecule has 2 aromatic rings. The molecule has 0 radical (unpaired) electrons. The van der Waals surface area contributed by atoms with Crippen LogP contribution in [0.5, 0.6) is 0 Å². The predicted molar refractivity (Wildman–Crippen MR) is 118 cm³/mol. The van der Waals surface area contributed by atoms with Gasteiger partial charge >= 0.3 is 5.97 Å². The molecule has 3 rings (SSSR count). The van der Waals surface area contributed by atoms with Crippen LogP contribution < -0.4 is 5.32 Å². The van der Waals surface area contributed by atoms with Crippen molar-refractivity contribution in [3.63, 3.8) is 0 Å². The number of aromatic nitrogens is 1. The van der Waals surface area contributed by atoms with Crippen LogP contribution in [0, 0.1) is 0 Å². The van der Waals surface area contributed by atoms with Crippen LogP contribution in [0.4, 0.5) is 5.13 Å². The number of ether oxygens (including phenoxy) is 1. The molecule has 1 aromatic carbocycles. The number of esters is 1. The second kappa shape index (κ2) is 10.2. The van der Waals surface area contributed by atoms with Crippen LogP contribution in [-0.2, 0) is 24.2 Å². The molecule has 1 aromatic heterocycles. The van der Waals surface area contributed by atoms with Crippen LogP contribution in [0.3, 0.4) is 0 Å². The number of rotatable bonds is 10. The maximum atomic E-state index is 12.9. The lowest BCUT2D eigenvalue weighted by atomic mass is 10.1. The summed E-state index contributed by atoms with van der Waals surface area (Å²) < 4.78 is 29.7. The number of anilines is 1. The Kier molecular flexibility index (Phi) is 7.59. The zero-order valence-electron chi connectivity index (χ0n) is 17.5. The van der Waals surface area contributed by atoms with Crippen LogP contribution in [-0.4, -0.2) is 60.7 Å². The largest absolute Gasteiger partial charge is 0.462 e. The lowest BCUT2D eigenvalue weighted by molar-refractivity contribution is -0.110. The zero-order chi connectivity index (χ0) is 23.3. The smallest absolute Gasteiger partial charge is 0.350 e. The topological polar surface area (TPSA) is 144 Å². The fraction of sp³-hybridized carbons (Fsp3) is 0.400. The molecule has 1 aliphatic carbocycles. The number of carbonyl (C=O) groups is 2. The Morgan fingerprint density at radius 1 is 1.31 bits per heavy atom. The van der Waals surface area contributed by atoms with Crippen LogP contribution in [0.1, 0.15) is 41.9 Å². The Bertz CT molecular complexity index is 1110. The van der Waals surface area contributed by atoms with Gasteiger partial charge < -0.3 is 14.7 Å². The highest BCUT2D eigenvalue weighted by molar-refractivity contribution is 7.92. The second-order valence-electron chi connectivity index (χ2n) is 7.01. The minimum Gasteiger partial charge on any atom is -0.462 e. The Hall–Kier alpha value is -2.83. The SMILES string of the molecule is CCOC(=O)c1cnc(NC(=O)C(=NO[C@H](C)CO)c2ccc(S(=O)(=O)C3CC3)cc2)s1. The molecular weight excluding hydrogens is 458 g/mol. The quantitative estimate of drug-likeness (QED) is 0.298. The van der Waals surface area contributed by atoms with E-state index in [2.05, 4.69) is 15.5 Å². The number of hydrogen-bond donors (Lipinski definition) is 2. The summed E-state index contributed by atoms with van der Waals surface area (Å²) in [5, 5.41) is 15.4. The van der Waals surface area contributed by atoms with E-state index in [1.807, 2.05) is 0 Å². The molecule has 12 heteroatoms. The zero-order valence-corrected chi connectivity index (χ0v) is 19.1. The third kappa shape index (κ3) is 5.69. The summed E-state index contributed by atoms with van der Waals surface area (Å²) in [7, 11) is -3.37. The molecule has 1 atom stereocenters. The molecule has 1 heterocycles. The molecule has 0 saturated heterocycles. The van der Waals surface area contributed by atoms with Crippen molar-refractivity contribution >= 4 is 43.9 Å². The first-order chi connectivity index (χ1) is 15.3. The summed E-state index contributed by atoms with van der Waals surface area (Å²) in [5.41, 5.74) is 0.165. The van der Waals surface area contributed by atoms with Gasteiger partial charge in [0.2, 0.25) is 0 Å². The number of nitrogens with zero attached hydrogens (tertiary/aromatic N) is 2. The van der Waals surface area contributed by atoms with Gasteiger partial charge in [-0.05, 0) is 38.8 Å². The number of carbonyl (C=O) groups excluding carboxylic acids is 2. The van der Waals surface area contributed by atoms with Gasteiger partial charge in [0.1, 0.15) is 11.0 Å². The van der Waals surface area contributed by atoms with E-state index in [9.17, 15) is 18.0 Å². The number of hydrogen-bond acceptors (Lipinski definition) is 10. The molecule has 0 aliphatic heterocycles. The van der Waals surface area contributed by atoms with E-state index in [4.69, 9.17) is 14.7 Å². The Labute approximate surface area is 189 Å². The molecule has 0 unspecified atom stereocenters. The Morgan fingerprint density at radius 3 is 2.59 bits per heavy atom. The number of sulfone groups is 1. The van der Waals surface area contributed by atoms with Crippen molar-refractivity contribution in [3.05, 3.63) is 40.9 Å².